The average molecular weight is 364 g/mol. The molecule has 0 atom stereocenters. The highest BCUT2D eigenvalue weighted by Crippen LogP contribution is 2.38. The van der Waals surface area contributed by atoms with Crippen LogP contribution in [0.25, 0.3) is 0 Å². The van der Waals surface area contributed by atoms with Gasteiger partial charge in [-0.25, -0.2) is 4.79 Å². The highest BCUT2D eigenvalue weighted by molar-refractivity contribution is 5.90. The van der Waals surface area contributed by atoms with Crippen LogP contribution in [0.2, 0.25) is 0 Å². The van der Waals surface area contributed by atoms with Crippen LogP contribution in [0.3, 0.4) is 0 Å². The number of carbonyl (C=O) groups is 2. The number of hydrogen-bond donors (Lipinski definition) is 0. The third kappa shape index (κ3) is 4.27. The van der Waals surface area contributed by atoms with E-state index in [-0.39, 0.29) is 24.4 Å². The van der Waals surface area contributed by atoms with E-state index in [1.807, 2.05) is 0 Å². The van der Waals surface area contributed by atoms with Crippen molar-refractivity contribution in [2.45, 2.75) is 13.0 Å². The summed E-state index contributed by atoms with van der Waals surface area (Å²) in [6.45, 7) is -0.180. The van der Waals surface area contributed by atoms with Gasteiger partial charge in [0, 0.05) is 0 Å². The first kappa shape index (κ1) is 19.2. The summed E-state index contributed by atoms with van der Waals surface area (Å²) in [5.74, 6) is 0.462. The molecule has 0 spiro atoms. The molecule has 2 rings (SSSR count). The Labute approximate surface area is 150 Å². The lowest BCUT2D eigenvalue weighted by atomic mass is 10.1. The first-order valence-corrected chi connectivity index (χ1v) is 7.63. The van der Waals surface area contributed by atoms with Crippen LogP contribution >= 0.6 is 0 Å². The number of methoxy groups -OCH3 is 4. The normalized spacial score (nSPS) is 10.2. The Bertz CT molecular complexity index is 752. The van der Waals surface area contributed by atoms with E-state index in [2.05, 4.69) is 4.74 Å². The lowest BCUT2D eigenvalue weighted by molar-refractivity contribution is -0.144. The Hall–Kier alpha value is -3.16. The molecule has 8 nitrogen and oxygen atoms in total. The first-order valence-electron chi connectivity index (χ1n) is 7.63. The van der Waals surface area contributed by atoms with E-state index in [4.69, 9.17) is 23.4 Å². The van der Waals surface area contributed by atoms with Crippen molar-refractivity contribution in [1.82, 2.24) is 0 Å². The molecule has 0 aliphatic heterocycles. The van der Waals surface area contributed by atoms with Gasteiger partial charge in [0.15, 0.2) is 17.3 Å². The molecular weight excluding hydrogens is 344 g/mol. The summed E-state index contributed by atoms with van der Waals surface area (Å²) in [5, 5.41) is 0. The quantitative estimate of drug-likeness (QED) is 0.659. The van der Waals surface area contributed by atoms with Crippen LogP contribution in [-0.4, -0.2) is 40.4 Å². The highest BCUT2D eigenvalue weighted by atomic mass is 16.5. The molecule has 2 aromatic rings. The average Bonchev–Trinajstić information content (AvgIpc) is 3.13. The maximum Gasteiger partial charge on any atom is 0.341 e. The third-order valence-electron chi connectivity index (χ3n) is 3.59. The zero-order chi connectivity index (χ0) is 19.1. The molecule has 0 saturated carbocycles. The van der Waals surface area contributed by atoms with Gasteiger partial charge in [0.2, 0.25) is 5.75 Å². The fourth-order valence-electron chi connectivity index (χ4n) is 2.35. The fraction of sp³-hybridized carbons (Fsp3) is 0.333. The summed E-state index contributed by atoms with van der Waals surface area (Å²) >= 11 is 0. The Kier molecular flexibility index (Phi) is 6.48. The molecule has 0 aliphatic carbocycles. The first-order chi connectivity index (χ1) is 12.5. The summed E-state index contributed by atoms with van der Waals surface area (Å²) < 4.78 is 30.7. The van der Waals surface area contributed by atoms with Crippen molar-refractivity contribution in [3.05, 3.63) is 41.3 Å². The Balaban J connectivity index is 2.06. The smallest absolute Gasteiger partial charge is 0.341 e. The van der Waals surface area contributed by atoms with Gasteiger partial charge in [-0.05, 0) is 23.8 Å². The SMILES string of the molecule is COC(=O)c1ccoc1COC(=O)Cc1cc(OC)c(OC)c(OC)c1. The minimum absolute atomic E-state index is 0.0228. The summed E-state index contributed by atoms with van der Waals surface area (Å²) in [5.41, 5.74) is 0.838. The molecule has 0 fully saturated rings. The van der Waals surface area contributed by atoms with E-state index in [1.165, 1.54) is 40.8 Å². The summed E-state index contributed by atoms with van der Waals surface area (Å²) in [6.07, 6.45) is 1.31. The van der Waals surface area contributed by atoms with Gasteiger partial charge >= 0.3 is 11.9 Å². The van der Waals surface area contributed by atoms with Crippen LogP contribution in [0.5, 0.6) is 17.2 Å². The number of esters is 2. The minimum atomic E-state index is -0.561. The van der Waals surface area contributed by atoms with Gasteiger partial charge in [-0.1, -0.05) is 0 Å². The van der Waals surface area contributed by atoms with E-state index in [0.717, 1.165) is 0 Å². The number of hydrogen-bond acceptors (Lipinski definition) is 8. The van der Waals surface area contributed by atoms with Gasteiger partial charge < -0.3 is 28.1 Å². The monoisotopic (exact) mass is 364 g/mol. The predicted octanol–water partition coefficient (Wildman–Crippen LogP) is 2.38. The highest BCUT2D eigenvalue weighted by Gasteiger charge is 2.18. The molecule has 0 bridgehead atoms. The number of carbonyl (C=O) groups excluding carboxylic acids is 2. The number of rotatable bonds is 8. The zero-order valence-corrected chi connectivity index (χ0v) is 15.0. The predicted molar refractivity (Wildman–Crippen MR) is 89.6 cm³/mol. The van der Waals surface area contributed by atoms with Crippen LogP contribution in [0, 0.1) is 0 Å². The van der Waals surface area contributed by atoms with Crippen molar-refractivity contribution in [2.24, 2.45) is 0 Å². The summed E-state index contributed by atoms with van der Waals surface area (Å²) in [6, 6.07) is 4.78. The molecule has 0 N–H and O–H groups in total. The van der Waals surface area contributed by atoms with Crippen LogP contribution in [0.4, 0.5) is 0 Å². The molecule has 1 heterocycles. The van der Waals surface area contributed by atoms with Crippen LogP contribution < -0.4 is 14.2 Å². The van der Waals surface area contributed by atoms with E-state index >= 15 is 0 Å². The minimum Gasteiger partial charge on any atom is -0.493 e. The molecule has 0 radical (unpaired) electrons. The van der Waals surface area contributed by atoms with Crippen molar-refractivity contribution < 1.29 is 37.7 Å². The molecule has 1 aromatic carbocycles. The second-order valence-corrected chi connectivity index (χ2v) is 5.12. The van der Waals surface area contributed by atoms with Crippen molar-refractivity contribution in [3.63, 3.8) is 0 Å². The Morgan fingerprint density at radius 3 is 2.19 bits per heavy atom. The Morgan fingerprint density at radius 1 is 1.00 bits per heavy atom. The van der Waals surface area contributed by atoms with E-state index in [1.54, 1.807) is 12.1 Å². The molecule has 1 aromatic heterocycles. The third-order valence-corrected chi connectivity index (χ3v) is 3.59. The van der Waals surface area contributed by atoms with Gasteiger partial charge in [0.1, 0.15) is 12.2 Å². The molecule has 26 heavy (non-hydrogen) atoms. The molecule has 0 unspecified atom stereocenters. The largest absolute Gasteiger partial charge is 0.493 e. The second kappa shape index (κ2) is 8.80. The Morgan fingerprint density at radius 2 is 1.65 bits per heavy atom. The molecule has 0 amide bonds. The lowest BCUT2D eigenvalue weighted by Crippen LogP contribution is -2.10. The van der Waals surface area contributed by atoms with Crippen molar-refractivity contribution in [1.29, 1.82) is 0 Å². The topological polar surface area (TPSA) is 93.4 Å². The second-order valence-electron chi connectivity index (χ2n) is 5.12. The summed E-state index contributed by atoms with van der Waals surface area (Å²) in [7, 11) is 5.74. The number of ether oxygens (including phenoxy) is 5. The summed E-state index contributed by atoms with van der Waals surface area (Å²) in [4.78, 5) is 23.7. The van der Waals surface area contributed by atoms with Crippen molar-refractivity contribution in [3.8, 4) is 17.2 Å². The van der Waals surface area contributed by atoms with E-state index in [0.29, 0.717) is 22.8 Å². The standard InChI is InChI=1S/C18H20O8/c1-21-13-7-11(8-14(22-2)17(13)23-3)9-16(19)26-10-15-12(5-6-25-15)18(20)24-4/h5-8H,9-10H2,1-4H3. The maximum atomic E-state index is 12.1. The molecule has 8 heteroatoms. The van der Waals surface area contributed by atoms with Gasteiger partial charge in [-0.3, -0.25) is 4.79 Å². The van der Waals surface area contributed by atoms with Crippen LogP contribution in [0.1, 0.15) is 21.7 Å². The molecule has 0 saturated heterocycles. The number of benzene rings is 1. The maximum absolute atomic E-state index is 12.1. The molecular formula is C18H20O8. The zero-order valence-electron chi connectivity index (χ0n) is 15.0. The fourth-order valence-corrected chi connectivity index (χ4v) is 2.35. The molecule has 140 valence electrons. The van der Waals surface area contributed by atoms with Crippen LogP contribution in [-0.2, 0) is 27.3 Å². The molecule has 0 aliphatic rings. The lowest BCUT2D eigenvalue weighted by Gasteiger charge is -2.14. The van der Waals surface area contributed by atoms with Crippen LogP contribution in [0.15, 0.2) is 28.9 Å². The van der Waals surface area contributed by atoms with Crippen molar-refractivity contribution in [2.75, 3.05) is 28.4 Å². The van der Waals surface area contributed by atoms with Crippen molar-refractivity contribution >= 4 is 11.9 Å². The number of furan rings is 1. The van der Waals surface area contributed by atoms with Gasteiger partial charge in [-0.2, -0.15) is 0 Å². The van der Waals surface area contributed by atoms with E-state index in [9.17, 15) is 9.59 Å². The van der Waals surface area contributed by atoms with Gasteiger partial charge in [0.05, 0.1) is 41.1 Å². The van der Waals surface area contributed by atoms with E-state index < -0.39 is 11.9 Å². The van der Waals surface area contributed by atoms with Gasteiger partial charge in [0.25, 0.3) is 0 Å². The van der Waals surface area contributed by atoms with Gasteiger partial charge in [-0.15, -0.1) is 0 Å².